The maximum Gasteiger partial charge on any atom is 0.310 e. The van der Waals surface area contributed by atoms with Crippen LogP contribution in [0, 0.1) is 73.0 Å². The number of benzene rings is 2. The Morgan fingerprint density at radius 3 is 1.42 bits per heavy atom. The number of ketones is 4. The highest BCUT2D eigenvalue weighted by atomic mass is 16.5. The Morgan fingerprint density at radius 2 is 1.01 bits per heavy atom. The van der Waals surface area contributed by atoms with Crippen molar-refractivity contribution in [3.63, 3.8) is 0 Å². The van der Waals surface area contributed by atoms with Crippen molar-refractivity contribution in [1.82, 2.24) is 35.2 Å². The number of likely N-dealkylation sites (N-methyl/N-ethyl adjacent to an activating group) is 2. The van der Waals surface area contributed by atoms with Crippen molar-refractivity contribution in [2.45, 2.75) is 172 Å². The predicted octanol–water partition coefficient (Wildman–Crippen LogP) is 4.90. The molecule has 5 aliphatic heterocycles. The van der Waals surface area contributed by atoms with Gasteiger partial charge in [-0.1, -0.05) is 75.3 Å². The van der Waals surface area contributed by atoms with Gasteiger partial charge in [0.2, 0.25) is 29.1 Å². The van der Waals surface area contributed by atoms with Crippen molar-refractivity contribution >= 4 is 87.3 Å². The summed E-state index contributed by atoms with van der Waals surface area (Å²) in [5.41, 5.74) is 3.95. The Labute approximate surface area is 525 Å². The Bertz CT molecular complexity index is 3410. The van der Waals surface area contributed by atoms with Crippen LogP contribution in [0.15, 0.2) is 21.3 Å². The van der Waals surface area contributed by atoms with Crippen molar-refractivity contribution in [2.75, 3.05) is 46.0 Å². The average molecular weight is 1250 g/mol. The maximum absolute atomic E-state index is 15.2. The summed E-state index contributed by atoms with van der Waals surface area (Å²) in [6, 6.07) is -2.33. The molecule has 1 aromatic rings. The van der Waals surface area contributed by atoms with Gasteiger partial charge in [0, 0.05) is 69.3 Å². The summed E-state index contributed by atoms with van der Waals surface area (Å²) in [4.78, 5) is 198. The van der Waals surface area contributed by atoms with Crippen LogP contribution in [-0.2, 0) is 57.4 Å². The molecule has 4 fully saturated rings. The molecule has 4 saturated heterocycles. The minimum atomic E-state index is -1.75. The number of esters is 2. The first-order valence-corrected chi connectivity index (χ1v) is 31.5. The van der Waals surface area contributed by atoms with Gasteiger partial charge in [0.05, 0.1) is 41.7 Å². The summed E-state index contributed by atoms with van der Waals surface area (Å²) in [5.74, 6) is -16.4. The van der Waals surface area contributed by atoms with Gasteiger partial charge < -0.3 is 49.9 Å². The van der Waals surface area contributed by atoms with Gasteiger partial charge in [0.25, 0.3) is 11.8 Å². The average Bonchev–Trinajstić information content (AvgIpc) is 0.893. The monoisotopic (exact) mass is 1250 g/mol. The van der Waals surface area contributed by atoms with E-state index in [4.69, 9.17) is 24.6 Å². The number of rotatable bonds is 8. The number of aromatic nitrogens is 1. The molecule has 24 nitrogen and oxygen atoms in total. The molecule has 6 amide bonds. The fraction of sp³-hybridized carbons (Fsp3) is 0.636. The first-order valence-electron chi connectivity index (χ1n) is 31.5. The number of hydrogen-bond acceptors (Lipinski definition) is 18. The van der Waals surface area contributed by atoms with Gasteiger partial charge in [-0.15, -0.1) is 0 Å². The standard InChI is InChI=1S/C66H90N8O16/c1-29(2)40-25-44(75)52(37(13)88-65(86)48(31(5)6)34(10)46(77)27-71(15)63(84)42-19-17-23-73(42)61(40)82)69-59(80)39-22-21-33(9)57-54(39)68-55-50(51(67)56(79)36(12)58(55)90-57)60(81)70-53-38(14)89-66(87)49(32(7)8)35(11)47(78)28-72(16)64(85)43-20-18-24-74(43)62(83)41(30(3)4)26-45(53)76/h21-22,29-32,34-35,37-38,40-43,48-49,52-53H,17-20,23-28,67H2,1-16H3,(H,69,80)(H,70,81). The molecule has 490 valence electrons. The topological polar surface area (TPSA) is 329 Å². The summed E-state index contributed by atoms with van der Waals surface area (Å²) < 4.78 is 18.5. The molecule has 1 aromatic carbocycles. The van der Waals surface area contributed by atoms with Crippen LogP contribution < -0.4 is 21.8 Å². The number of carbonyl (C=O) groups excluding carboxylic acids is 12. The minimum absolute atomic E-state index is 0.0412. The second-order valence-electron chi connectivity index (χ2n) is 26.8. The van der Waals surface area contributed by atoms with Gasteiger partial charge >= 0.3 is 11.9 Å². The van der Waals surface area contributed by atoms with Crippen molar-refractivity contribution in [3.8, 4) is 11.5 Å². The van der Waals surface area contributed by atoms with Crippen LogP contribution in [0.3, 0.4) is 0 Å². The lowest BCUT2D eigenvalue weighted by Crippen LogP contribution is -2.54. The first-order chi connectivity index (χ1) is 42.1. The van der Waals surface area contributed by atoms with Crippen LogP contribution >= 0.6 is 0 Å². The number of nitrogens with one attached hydrogen (secondary N) is 2. The molecule has 5 heterocycles. The van der Waals surface area contributed by atoms with Crippen LogP contribution in [0.4, 0.5) is 5.69 Å². The molecule has 12 unspecified atom stereocenters. The number of ether oxygens (including phenoxy) is 2. The van der Waals surface area contributed by atoms with E-state index < -0.39 is 196 Å². The summed E-state index contributed by atoms with van der Waals surface area (Å²) in [6.45, 7) is 22.5. The number of hydrogen-bond donors (Lipinski definition) is 3. The third-order valence-electron chi connectivity index (χ3n) is 19.0. The van der Waals surface area contributed by atoms with E-state index in [-0.39, 0.29) is 59.9 Å². The molecule has 0 saturated carbocycles. The Balaban J connectivity index is 1.32. The van der Waals surface area contributed by atoms with Gasteiger partial charge in [-0.2, -0.15) is 0 Å². The molecule has 1 aliphatic carbocycles. The number of amides is 6. The van der Waals surface area contributed by atoms with E-state index in [0.29, 0.717) is 31.2 Å². The molecular weight excluding hydrogens is 1160 g/mol. The van der Waals surface area contributed by atoms with E-state index >= 15 is 14.4 Å². The number of carbonyl (C=O) groups is 12. The lowest BCUT2D eigenvalue weighted by Gasteiger charge is -2.34. The van der Waals surface area contributed by atoms with E-state index in [2.05, 4.69) is 10.6 Å². The van der Waals surface area contributed by atoms with Crippen LogP contribution in [0.5, 0.6) is 0 Å². The van der Waals surface area contributed by atoms with Crippen LogP contribution in [-0.4, -0.2) is 172 Å². The third kappa shape index (κ3) is 14.0. The highest BCUT2D eigenvalue weighted by Gasteiger charge is 2.47. The normalized spacial score (nSPS) is 28.0. The molecule has 0 radical (unpaired) electrons. The highest BCUT2D eigenvalue weighted by Crippen LogP contribution is 2.37. The summed E-state index contributed by atoms with van der Waals surface area (Å²) in [5, 5.41) is 5.39. The van der Waals surface area contributed by atoms with E-state index in [1.165, 1.54) is 66.6 Å². The van der Waals surface area contributed by atoms with Crippen LogP contribution in [0.2, 0.25) is 0 Å². The van der Waals surface area contributed by atoms with Crippen LogP contribution in [0.25, 0.3) is 22.6 Å². The third-order valence-corrected chi connectivity index (χ3v) is 19.0. The van der Waals surface area contributed by atoms with E-state index in [1.807, 2.05) is 0 Å². The quantitative estimate of drug-likeness (QED) is 0.153. The highest BCUT2D eigenvalue weighted by molar-refractivity contribution is 6.10. The van der Waals surface area contributed by atoms with Gasteiger partial charge in [0.1, 0.15) is 47.6 Å². The molecule has 90 heavy (non-hydrogen) atoms. The number of nitrogen functional groups attached to an aromatic ring is 1. The molecule has 7 rings (SSSR count). The number of Topliss-reactive ketones (excluding diaryl/α,β-unsaturated/α-hetero) is 4. The van der Waals surface area contributed by atoms with Crippen molar-refractivity contribution in [2.24, 2.45) is 59.2 Å². The number of nitrogens with zero attached hydrogens (tertiary/aromatic N) is 5. The van der Waals surface area contributed by atoms with Gasteiger partial charge in [-0.3, -0.25) is 62.3 Å². The van der Waals surface area contributed by atoms with Gasteiger partial charge in [-0.25, -0.2) is 4.98 Å². The second-order valence-corrected chi connectivity index (χ2v) is 26.8. The molecular formula is C66H90N8O16. The zero-order chi connectivity index (χ0) is 67.0. The van der Waals surface area contributed by atoms with E-state index in [0.717, 1.165) is 0 Å². The largest absolute Gasteiger partial charge is 0.460 e. The summed E-state index contributed by atoms with van der Waals surface area (Å²) in [7, 11) is 2.94. The molecule has 0 bridgehead atoms. The molecule has 6 aliphatic rings. The Hall–Kier alpha value is -7.92. The number of aryl methyl sites for hydroxylation is 1. The lowest BCUT2D eigenvalue weighted by molar-refractivity contribution is -0.162. The molecule has 0 aromatic heterocycles. The SMILES string of the molecule is Cc1c2oc3c(C)ccc(C(=O)NC4C(=O)CC(C(C)C)C(=O)N5CCCC5C(=O)N(C)CC(=O)C(C)C(C(C)C)C(=O)OC4C)c3nc-2c(C(=O)NC2C(=O)CC(C(C)C)C(=O)N3CCCC3C(=O)N(C)CC(=O)C(C)C(C(C)C)C(=O)OC2C)c(N)c1=O. The fourth-order valence-corrected chi connectivity index (χ4v) is 13.5. The summed E-state index contributed by atoms with van der Waals surface area (Å²) >= 11 is 0. The first kappa shape index (κ1) is 69.6. The number of cyclic esters (lactones) is 2. The summed E-state index contributed by atoms with van der Waals surface area (Å²) in [6.07, 6.45) is -2.24. The molecule has 12 atom stereocenters. The molecule has 0 spiro atoms. The fourth-order valence-electron chi connectivity index (χ4n) is 13.5. The zero-order valence-electron chi connectivity index (χ0n) is 54.8. The van der Waals surface area contributed by atoms with E-state index in [1.54, 1.807) is 76.2 Å². The maximum atomic E-state index is 15.2. The predicted molar refractivity (Wildman–Crippen MR) is 330 cm³/mol. The Morgan fingerprint density at radius 1 is 0.589 bits per heavy atom. The van der Waals surface area contributed by atoms with Crippen LogP contribution in [0.1, 0.15) is 153 Å². The second kappa shape index (κ2) is 28.1. The molecule has 24 heteroatoms. The smallest absolute Gasteiger partial charge is 0.310 e. The molecule has 4 N–H and O–H groups in total. The zero-order valence-corrected chi connectivity index (χ0v) is 54.8. The van der Waals surface area contributed by atoms with Gasteiger partial charge in [-0.05, 0) is 88.7 Å². The van der Waals surface area contributed by atoms with E-state index in [9.17, 15) is 47.9 Å². The number of nitrogens with two attached hydrogens (primary N) is 1. The number of fused-ring (bicyclic) bond motifs is 4. The van der Waals surface area contributed by atoms with Gasteiger partial charge in [0.15, 0.2) is 34.5 Å². The van der Waals surface area contributed by atoms with Crippen molar-refractivity contribution in [1.29, 1.82) is 0 Å². The number of anilines is 1. The van der Waals surface area contributed by atoms with Crippen molar-refractivity contribution < 1.29 is 71.4 Å². The van der Waals surface area contributed by atoms with Crippen molar-refractivity contribution in [3.05, 3.63) is 44.6 Å². The lowest BCUT2D eigenvalue weighted by atomic mass is 9.81. The Kier molecular flexibility index (Phi) is 21.7. The minimum Gasteiger partial charge on any atom is -0.460 e.